The second-order valence-electron chi connectivity index (χ2n) is 3.94. The van der Waals surface area contributed by atoms with Crippen molar-refractivity contribution in [3.8, 4) is 0 Å². The third-order valence-electron chi connectivity index (χ3n) is 2.27. The molecule has 0 fully saturated rings. The van der Waals surface area contributed by atoms with Crippen LogP contribution >= 0.6 is 0 Å². The molecule has 0 radical (unpaired) electrons. The molecule has 1 rings (SSSR count). The van der Waals surface area contributed by atoms with E-state index in [2.05, 4.69) is 9.88 Å². The number of likely N-dealkylation sites (N-methyl/N-ethyl adjacent to an activating group) is 2. The fraction of sp³-hybridized carbons (Fsp3) is 0.455. The Morgan fingerprint density at radius 1 is 1.31 bits per heavy atom. The maximum absolute atomic E-state index is 10.6. The molecular weight excluding hydrogens is 206 g/mol. The van der Waals surface area contributed by atoms with Gasteiger partial charge in [-0.2, -0.15) is 0 Å². The fourth-order valence-electron chi connectivity index (χ4n) is 1.20. The largest absolute Gasteiger partial charge is 0.478 e. The van der Waals surface area contributed by atoms with Gasteiger partial charge in [0, 0.05) is 26.3 Å². The Labute approximate surface area is 95.3 Å². The van der Waals surface area contributed by atoms with Gasteiger partial charge in [-0.05, 0) is 26.2 Å². The Balaban J connectivity index is 2.63. The number of hydrogen-bond donors (Lipinski definition) is 1. The van der Waals surface area contributed by atoms with Gasteiger partial charge in [-0.3, -0.25) is 0 Å². The second-order valence-corrected chi connectivity index (χ2v) is 3.94. The molecule has 5 heteroatoms. The number of aromatic nitrogens is 1. The number of hydrogen-bond acceptors (Lipinski definition) is 4. The van der Waals surface area contributed by atoms with Crippen LogP contribution in [0.3, 0.4) is 0 Å². The van der Waals surface area contributed by atoms with Crippen LogP contribution in [-0.2, 0) is 0 Å². The molecule has 5 nitrogen and oxygen atoms in total. The van der Waals surface area contributed by atoms with Crippen LogP contribution in [-0.4, -0.2) is 55.2 Å². The summed E-state index contributed by atoms with van der Waals surface area (Å²) in [6.07, 6.45) is 1.38. The van der Waals surface area contributed by atoms with Crippen molar-refractivity contribution in [2.45, 2.75) is 0 Å². The van der Waals surface area contributed by atoms with Crippen molar-refractivity contribution in [2.75, 3.05) is 39.1 Å². The number of carboxylic acids is 1. The third-order valence-corrected chi connectivity index (χ3v) is 2.27. The zero-order chi connectivity index (χ0) is 12.1. The van der Waals surface area contributed by atoms with Crippen LogP contribution in [0.4, 0.5) is 5.82 Å². The number of aromatic carboxylic acids is 1. The summed E-state index contributed by atoms with van der Waals surface area (Å²) in [6.45, 7) is 1.78. The Hall–Kier alpha value is -1.62. The molecule has 0 bridgehead atoms. The number of anilines is 1. The van der Waals surface area contributed by atoms with Gasteiger partial charge in [0.15, 0.2) is 0 Å². The minimum atomic E-state index is -0.949. The molecule has 1 aromatic rings. The van der Waals surface area contributed by atoms with Gasteiger partial charge in [0.25, 0.3) is 0 Å². The highest BCUT2D eigenvalue weighted by atomic mass is 16.4. The van der Waals surface area contributed by atoms with E-state index in [0.717, 1.165) is 18.9 Å². The van der Waals surface area contributed by atoms with Gasteiger partial charge in [-0.15, -0.1) is 0 Å². The van der Waals surface area contributed by atoms with Gasteiger partial charge >= 0.3 is 5.97 Å². The molecule has 16 heavy (non-hydrogen) atoms. The first kappa shape index (κ1) is 12.4. The maximum Gasteiger partial charge on any atom is 0.337 e. The van der Waals surface area contributed by atoms with E-state index in [4.69, 9.17) is 5.11 Å². The van der Waals surface area contributed by atoms with Crippen LogP contribution in [0.5, 0.6) is 0 Å². The summed E-state index contributed by atoms with van der Waals surface area (Å²) in [5.41, 5.74) is 0.213. The van der Waals surface area contributed by atoms with Gasteiger partial charge in [-0.1, -0.05) is 0 Å². The van der Waals surface area contributed by atoms with Gasteiger partial charge in [0.05, 0.1) is 5.56 Å². The highest BCUT2D eigenvalue weighted by molar-refractivity contribution is 5.87. The van der Waals surface area contributed by atoms with Crippen LogP contribution in [0.1, 0.15) is 10.4 Å². The fourth-order valence-corrected chi connectivity index (χ4v) is 1.20. The Bertz CT molecular complexity index is 349. The lowest BCUT2D eigenvalue weighted by Gasteiger charge is -2.20. The normalized spacial score (nSPS) is 10.5. The summed E-state index contributed by atoms with van der Waals surface area (Å²) in [7, 11) is 5.95. The lowest BCUT2D eigenvalue weighted by Crippen LogP contribution is -2.29. The number of nitrogens with zero attached hydrogens (tertiary/aromatic N) is 3. The maximum atomic E-state index is 10.6. The lowest BCUT2D eigenvalue weighted by molar-refractivity contribution is 0.0696. The van der Waals surface area contributed by atoms with Crippen molar-refractivity contribution >= 4 is 11.8 Å². The lowest BCUT2D eigenvalue weighted by atomic mass is 10.3. The van der Waals surface area contributed by atoms with Crippen LogP contribution in [0.2, 0.25) is 0 Å². The van der Waals surface area contributed by atoms with E-state index < -0.39 is 5.97 Å². The van der Waals surface area contributed by atoms with Gasteiger partial charge < -0.3 is 14.9 Å². The molecule has 0 atom stereocenters. The number of carboxylic acid groups (broad SMARTS) is 1. The third kappa shape index (κ3) is 3.51. The smallest absolute Gasteiger partial charge is 0.337 e. The molecule has 0 aliphatic heterocycles. The van der Waals surface area contributed by atoms with Crippen LogP contribution in [0.25, 0.3) is 0 Å². The summed E-state index contributed by atoms with van der Waals surface area (Å²) in [5.74, 6) is -0.165. The molecule has 0 unspecified atom stereocenters. The van der Waals surface area contributed by atoms with Crippen molar-refractivity contribution in [3.63, 3.8) is 0 Å². The molecule has 88 valence electrons. The van der Waals surface area contributed by atoms with Crippen molar-refractivity contribution in [3.05, 3.63) is 23.9 Å². The number of carbonyl (C=O) groups is 1. The average Bonchev–Trinajstić information content (AvgIpc) is 2.26. The highest BCUT2D eigenvalue weighted by Crippen LogP contribution is 2.09. The van der Waals surface area contributed by atoms with Crippen LogP contribution < -0.4 is 4.90 Å². The van der Waals surface area contributed by atoms with E-state index in [9.17, 15) is 4.79 Å². The summed E-state index contributed by atoms with van der Waals surface area (Å²) >= 11 is 0. The first-order chi connectivity index (χ1) is 7.50. The average molecular weight is 223 g/mol. The van der Waals surface area contributed by atoms with Crippen molar-refractivity contribution in [1.29, 1.82) is 0 Å². The zero-order valence-corrected chi connectivity index (χ0v) is 9.84. The summed E-state index contributed by atoms with van der Waals surface area (Å²) < 4.78 is 0. The van der Waals surface area contributed by atoms with E-state index in [1.165, 1.54) is 6.20 Å². The first-order valence-electron chi connectivity index (χ1n) is 5.06. The van der Waals surface area contributed by atoms with Crippen LogP contribution in [0.15, 0.2) is 18.3 Å². The summed E-state index contributed by atoms with van der Waals surface area (Å²) in [5, 5.41) is 8.73. The minimum absolute atomic E-state index is 0.213. The Morgan fingerprint density at radius 3 is 2.44 bits per heavy atom. The summed E-state index contributed by atoms with van der Waals surface area (Å²) in [4.78, 5) is 18.8. The van der Waals surface area contributed by atoms with E-state index in [1.807, 2.05) is 26.0 Å². The van der Waals surface area contributed by atoms with Gasteiger partial charge in [0.2, 0.25) is 0 Å². The molecule has 0 aliphatic carbocycles. The molecule has 1 aromatic heterocycles. The molecule has 1 N–H and O–H groups in total. The Morgan fingerprint density at radius 2 is 2.00 bits per heavy atom. The van der Waals surface area contributed by atoms with E-state index in [1.54, 1.807) is 12.1 Å². The Kier molecular flexibility index (Phi) is 4.25. The minimum Gasteiger partial charge on any atom is -0.478 e. The van der Waals surface area contributed by atoms with E-state index in [0.29, 0.717) is 0 Å². The molecule has 0 spiro atoms. The van der Waals surface area contributed by atoms with E-state index >= 15 is 0 Å². The SMILES string of the molecule is CN(C)CCN(C)c1ccc(C(=O)O)cn1. The monoisotopic (exact) mass is 223 g/mol. The standard InChI is InChI=1S/C11H17N3O2/c1-13(2)6-7-14(3)10-5-4-9(8-12-10)11(15)16/h4-5,8H,6-7H2,1-3H3,(H,15,16). The van der Waals surface area contributed by atoms with Gasteiger partial charge in [0.1, 0.15) is 5.82 Å². The van der Waals surface area contributed by atoms with Crippen molar-refractivity contribution < 1.29 is 9.90 Å². The second kappa shape index (κ2) is 5.46. The number of rotatable bonds is 5. The molecule has 0 saturated carbocycles. The first-order valence-corrected chi connectivity index (χ1v) is 5.06. The topological polar surface area (TPSA) is 56.7 Å². The van der Waals surface area contributed by atoms with Crippen LogP contribution in [0, 0.1) is 0 Å². The molecule has 1 heterocycles. The number of pyridine rings is 1. The molecule has 0 saturated heterocycles. The summed E-state index contributed by atoms with van der Waals surface area (Å²) in [6, 6.07) is 3.29. The molecule has 0 aliphatic rings. The molecule has 0 aromatic carbocycles. The zero-order valence-electron chi connectivity index (χ0n) is 9.84. The predicted octanol–water partition coefficient (Wildman–Crippen LogP) is 0.778. The van der Waals surface area contributed by atoms with Gasteiger partial charge in [-0.25, -0.2) is 9.78 Å². The quantitative estimate of drug-likeness (QED) is 0.799. The highest BCUT2D eigenvalue weighted by Gasteiger charge is 2.06. The van der Waals surface area contributed by atoms with E-state index in [-0.39, 0.29) is 5.56 Å². The predicted molar refractivity (Wildman–Crippen MR) is 63.0 cm³/mol. The molecular formula is C11H17N3O2. The van der Waals surface area contributed by atoms with Crippen molar-refractivity contribution in [2.24, 2.45) is 0 Å². The van der Waals surface area contributed by atoms with Crippen molar-refractivity contribution in [1.82, 2.24) is 9.88 Å². The molecule has 0 amide bonds.